The summed E-state index contributed by atoms with van der Waals surface area (Å²) >= 11 is 0. The van der Waals surface area contributed by atoms with Gasteiger partial charge in [-0.05, 0) is 77.0 Å². The first-order chi connectivity index (χ1) is 33.0. The smallest absolute Gasteiger partial charge is 0.306 e. The summed E-state index contributed by atoms with van der Waals surface area (Å²) in [5.74, 6) is -0.881. The zero-order valence-corrected chi connectivity index (χ0v) is 44.7. The third kappa shape index (κ3) is 54.2. The molecule has 0 aromatic heterocycles. The number of esters is 3. The number of allylic oxidation sites excluding steroid dienone is 8. The summed E-state index contributed by atoms with van der Waals surface area (Å²) in [7, 11) is 0. The Morgan fingerprint density at radius 1 is 0.313 bits per heavy atom. The standard InChI is InChI=1S/C61H110O6/c1-4-7-10-13-16-19-22-25-28-29-30-31-34-36-39-42-45-48-51-54-60(63)66-57-58(67-61(64)55-52-49-46-43-40-37-33-27-24-21-18-15-12-9-6-3)56-65-59(62)53-50-47-44-41-38-35-32-26-23-20-17-14-11-8-5-2/h9,12,18,21,25,27-28,33,58H,4-8,10-11,13-17,19-20,22-24,26,29-32,34-57H2,1-3H3/b12-9-,21-18-,28-25-,33-27-/t58-/m0/s1. The van der Waals surface area contributed by atoms with Gasteiger partial charge in [-0.15, -0.1) is 0 Å². The molecule has 0 fully saturated rings. The van der Waals surface area contributed by atoms with Gasteiger partial charge in [-0.2, -0.15) is 0 Å². The summed E-state index contributed by atoms with van der Waals surface area (Å²) in [6, 6.07) is 0. The average molecular weight is 940 g/mol. The number of hydrogen-bond acceptors (Lipinski definition) is 6. The number of rotatable bonds is 53. The van der Waals surface area contributed by atoms with E-state index in [0.29, 0.717) is 19.3 Å². The third-order valence-electron chi connectivity index (χ3n) is 12.8. The van der Waals surface area contributed by atoms with Crippen LogP contribution in [-0.4, -0.2) is 37.2 Å². The summed E-state index contributed by atoms with van der Waals surface area (Å²) in [6.45, 7) is 6.55. The first-order valence-corrected chi connectivity index (χ1v) is 29.1. The lowest BCUT2D eigenvalue weighted by molar-refractivity contribution is -0.167. The molecule has 0 heterocycles. The third-order valence-corrected chi connectivity index (χ3v) is 12.8. The molecule has 0 rings (SSSR count). The van der Waals surface area contributed by atoms with E-state index in [9.17, 15) is 14.4 Å². The van der Waals surface area contributed by atoms with Gasteiger partial charge in [0.25, 0.3) is 0 Å². The van der Waals surface area contributed by atoms with E-state index in [1.54, 1.807) is 0 Å². The molecule has 0 aliphatic carbocycles. The number of hydrogen-bond donors (Lipinski definition) is 0. The molecule has 0 N–H and O–H groups in total. The summed E-state index contributed by atoms with van der Waals surface area (Å²) in [5.41, 5.74) is 0. The first kappa shape index (κ1) is 64.4. The Kier molecular flexibility index (Phi) is 53.8. The molecule has 0 aromatic carbocycles. The van der Waals surface area contributed by atoms with Crippen LogP contribution < -0.4 is 0 Å². The van der Waals surface area contributed by atoms with Crippen LogP contribution in [0.3, 0.4) is 0 Å². The number of ether oxygens (including phenoxy) is 3. The summed E-state index contributed by atoms with van der Waals surface area (Å²) in [4.78, 5) is 38.2. The summed E-state index contributed by atoms with van der Waals surface area (Å²) in [5, 5.41) is 0. The van der Waals surface area contributed by atoms with Crippen LogP contribution in [0.15, 0.2) is 48.6 Å². The van der Waals surface area contributed by atoms with Gasteiger partial charge >= 0.3 is 17.9 Å². The van der Waals surface area contributed by atoms with Crippen molar-refractivity contribution in [3.05, 3.63) is 48.6 Å². The van der Waals surface area contributed by atoms with Crippen LogP contribution in [-0.2, 0) is 28.6 Å². The van der Waals surface area contributed by atoms with Crippen molar-refractivity contribution in [2.24, 2.45) is 0 Å². The molecule has 67 heavy (non-hydrogen) atoms. The number of carbonyl (C=O) groups excluding carboxylic acids is 3. The fraction of sp³-hybridized carbons (Fsp3) is 0.820. The molecular formula is C61H110O6. The van der Waals surface area contributed by atoms with Gasteiger partial charge in [0.05, 0.1) is 0 Å². The lowest BCUT2D eigenvalue weighted by atomic mass is 10.0. The molecule has 6 nitrogen and oxygen atoms in total. The van der Waals surface area contributed by atoms with Crippen LogP contribution in [0, 0.1) is 0 Å². The van der Waals surface area contributed by atoms with E-state index in [4.69, 9.17) is 14.2 Å². The van der Waals surface area contributed by atoms with Crippen molar-refractivity contribution in [1.29, 1.82) is 0 Å². The Hall–Kier alpha value is -2.63. The second-order valence-electron chi connectivity index (χ2n) is 19.5. The molecule has 0 aliphatic rings. The minimum absolute atomic E-state index is 0.0776. The molecule has 0 saturated carbocycles. The Balaban J connectivity index is 4.35. The van der Waals surface area contributed by atoms with E-state index in [0.717, 1.165) is 96.3 Å². The van der Waals surface area contributed by atoms with E-state index in [1.807, 2.05) is 0 Å². The number of carbonyl (C=O) groups is 3. The molecule has 0 radical (unpaired) electrons. The molecule has 0 aliphatic heterocycles. The highest BCUT2D eigenvalue weighted by Gasteiger charge is 2.19. The van der Waals surface area contributed by atoms with Gasteiger partial charge in [-0.3, -0.25) is 14.4 Å². The van der Waals surface area contributed by atoms with Crippen molar-refractivity contribution in [1.82, 2.24) is 0 Å². The fourth-order valence-electron chi connectivity index (χ4n) is 8.45. The van der Waals surface area contributed by atoms with Gasteiger partial charge in [0.15, 0.2) is 6.10 Å². The van der Waals surface area contributed by atoms with Crippen LogP contribution >= 0.6 is 0 Å². The van der Waals surface area contributed by atoms with Gasteiger partial charge in [0.2, 0.25) is 0 Å². The van der Waals surface area contributed by atoms with Crippen molar-refractivity contribution in [3.8, 4) is 0 Å². The highest BCUT2D eigenvalue weighted by atomic mass is 16.6. The fourth-order valence-corrected chi connectivity index (χ4v) is 8.45. The Bertz CT molecular complexity index is 1170. The van der Waals surface area contributed by atoms with Crippen molar-refractivity contribution >= 4 is 17.9 Å². The largest absolute Gasteiger partial charge is 0.462 e. The lowest BCUT2D eigenvalue weighted by Crippen LogP contribution is -2.30. The molecule has 0 spiro atoms. The van der Waals surface area contributed by atoms with Gasteiger partial charge < -0.3 is 14.2 Å². The molecule has 390 valence electrons. The topological polar surface area (TPSA) is 78.9 Å². The first-order valence-electron chi connectivity index (χ1n) is 29.1. The lowest BCUT2D eigenvalue weighted by Gasteiger charge is -2.18. The molecule has 0 aromatic rings. The van der Waals surface area contributed by atoms with Crippen LogP contribution in [0.4, 0.5) is 0 Å². The van der Waals surface area contributed by atoms with Gasteiger partial charge in [-0.25, -0.2) is 0 Å². The van der Waals surface area contributed by atoms with Gasteiger partial charge in [0.1, 0.15) is 13.2 Å². The molecule has 0 bridgehead atoms. The zero-order chi connectivity index (χ0) is 48.6. The van der Waals surface area contributed by atoms with Crippen LogP contribution in [0.2, 0.25) is 0 Å². The zero-order valence-electron chi connectivity index (χ0n) is 44.7. The predicted octanol–water partition coefficient (Wildman–Crippen LogP) is 19.4. The van der Waals surface area contributed by atoms with Crippen molar-refractivity contribution < 1.29 is 28.6 Å². The van der Waals surface area contributed by atoms with E-state index < -0.39 is 6.10 Å². The Morgan fingerprint density at radius 3 is 0.925 bits per heavy atom. The molecule has 6 heteroatoms. The Morgan fingerprint density at radius 2 is 0.582 bits per heavy atom. The highest BCUT2D eigenvalue weighted by molar-refractivity contribution is 5.71. The second kappa shape index (κ2) is 56.0. The van der Waals surface area contributed by atoms with E-state index >= 15 is 0 Å². The van der Waals surface area contributed by atoms with Crippen molar-refractivity contribution in [2.75, 3.05) is 13.2 Å². The normalized spacial score (nSPS) is 12.3. The molecule has 0 saturated heterocycles. The summed E-state index contributed by atoms with van der Waals surface area (Å²) < 4.78 is 16.9. The van der Waals surface area contributed by atoms with Crippen LogP contribution in [0.1, 0.15) is 303 Å². The average Bonchev–Trinajstić information content (AvgIpc) is 3.33. The minimum atomic E-state index is -0.781. The molecular weight excluding hydrogens is 829 g/mol. The minimum Gasteiger partial charge on any atom is -0.462 e. The monoisotopic (exact) mass is 939 g/mol. The molecule has 0 amide bonds. The number of unbranched alkanes of at least 4 members (excludes halogenated alkanes) is 34. The Labute approximate surface area is 416 Å². The summed E-state index contributed by atoms with van der Waals surface area (Å²) in [6.07, 6.45) is 68.1. The maximum atomic E-state index is 12.8. The van der Waals surface area contributed by atoms with Crippen LogP contribution in [0.25, 0.3) is 0 Å². The van der Waals surface area contributed by atoms with Gasteiger partial charge in [0, 0.05) is 19.3 Å². The van der Waals surface area contributed by atoms with Crippen LogP contribution in [0.5, 0.6) is 0 Å². The second-order valence-corrected chi connectivity index (χ2v) is 19.5. The maximum Gasteiger partial charge on any atom is 0.306 e. The van der Waals surface area contributed by atoms with E-state index in [2.05, 4.69) is 69.4 Å². The van der Waals surface area contributed by atoms with Gasteiger partial charge in [-0.1, -0.05) is 256 Å². The van der Waals surface area contributed by atoms with E-state index in [-0.39, 0.29) is 31.1 Å². The van der Waals surface area contributed by atoms with Crippen molar-refractivity contribution in [3.63, 3.8) is 0 Å². The van der Waals surface area contributed by atoms with E-state index in [1.165, 1.54) is 167 Å². The molecule has 0 unspecified atom stereocenters. The SMILES string of the molecule is CC/C=C\C/C=C\C/C=C\CCCCCCCC(=O)O[C@H](COC(=O)CCCCCCCCCCC/C=C\CCCCCCCC)COC(=O)CCCCCCCCCCCCCCCCC. The predicted molar refractivity (Wildman–Crippen MR) is 289 cm³/mol. The quantitative estimate of drug-likeness (QED) is 0.0262. The van der Waals surface area contributed by atoms with Crippen molar-refractivity contribution in [2.45, 2.75) is 309 Å². The maximum absolute atomic E-state index is 12.8. The molecule has 1 atom stereocenters. The highest BCUT2D eigenvalue weighted by Crippen LogP contribution is 2.16.